The normalized spacial score (nSPS) is 12.8. The van der Waals surface area contributed by atoms with Gasteiger partial charge in [-0.05, 0) is 44.3 Å². The molecule has 0 bridgehead atoms. The number of methoxy groups -OCH3 is 1. The number of carbonyl (C=O) groups is 2. The number of carbonyl (C=O) groups excluding carboxylic acids is 2. The summed E-state index contributed by atoms with van der Waals surface area (Å²) in [6.45, 7) is 5.58. The molecule has 0 amide bonds. The number of thiazole rings is 1. The molecule has 0 radical (unpaired) electrons. The molecule has 2 rings (SSSR count). The van der Waals surface area contributed by atoms with Crippen LogP contribution in [0.4, 0.5) is 0 Å². The van der Waals surface area contributed by atoms with E-state index in [1.165, 1.54) is 24.5 Å². The summed E-state index contributed by atoms with van der Waals surface area (Å²) in [5, 5.41) is 11.4. The highest BCUT2D eigenvalue weighted by Gasteiger charge is 2.22. The van der Waals surface area contributed by atoms with Crippen molar-refractivity contribution in [3.8, 4) is 5.75 Å². The fourth-order valence-corrected chi connectivity index (χ4v) is 4.10. The first kappa shape index (κ1) is 26.3. The summed E-state index contributed by atoms with van der Waals surface area (Å²) in [6.07, 6.45) is 11.5. The minimum Gasteiger partial charge on any atom is -0.507 e. The first-order valence-corrected chi connectivity index (χ1v) is 11.8. The van der Waals surface area contributed by atoms with E-state index in [-0.39, 0.29) is 29.6 Å². The SMILES string of the molecule is CCCCc1ncc(C=C(C)C(=O)c2c(O)cc(C(C)CCC=CCC(=O)OC)oc2=O)s1. The van der Waals surface area contributed by atoms with Gasteiger partial charge in [0, 0.05) is 23.1 Å². The Balaban J connectivity index is 2.09. The molecule has 2 heterocycles. The van der Waals surface area contributed by atoms with Crippen LogP contribution in [0.25, 0.3) is 6.08 Å². The highest BCUT2D eigenvalue weighted by Crippen LogP contribution is 2.27. The van der Waals surface area contributed by atoms with Crippen LogP contribution in [0.5, 0.6) is 5.75 Å². The number of unbranched alkanes of at least 4 members (excludes halogenated alkanes) is 1. The first-order valence-electron chi connectivity index (χ1n) is 11.0. The van der Waals surface area contributed by atoms with E-state index in [9.17, 15) is 19.5 Å². The van der Waals surface area contributed by atoms with Gasteiger partial charge < -0.3 is 14.3 Å². The Bertz CT molecular complexity index is 1080. The molecule has 0 aromatic carbocycles. The molecule has 2 aromatic rings. The van der Waals surface area contributed by atoms with E-state index in [0.29, 0.717) is 24.2 Å². The van der Waals surface area contributed by atoms with Crippen molar-refractivity contribution in [1.82, 2.24) is 4.98 Å². The van der Waals surface area contributed by atoms with Crippen LogP contribution >= 0.6 is 11.3 Å². The Morgan fingerprint density at radius 2 is 2.09 bits per heavy atom. The standard InChI is InChI=1S/C25H31NO6S/c1-5-6-11-21-26-15-18(33-21)13-17(3)24(29)23-19(27)14-20(32-25(23)30)16(2)10-8-7-9-12-22(28)31-4/h7,9,13-16,27H,5-6,8,10-12H2,1-4H3. The molecule has 8 heteroatoms. The van der Waals surface area contributed by atoms with Gasteiger partial charge in [-0.2, -0.15) is 0 Å². The number of aromatic nitrogens is 1. The smallest absolute Gasteiger partial charge is 0.351 e. The van der Waals surface area contributed by atoms with Gasteiger partial charge in [-0.3, -0.25) is 9.59 Å². The number of allylic oxidation sites excluding steroid dienone is 2. The molecule has 0 saturated heterocycles. The van der Waals surface area contributed by atoms with Gasteiger partial charge in [0.05, 0.1) is 18.5 Å². The topological polar surface area (TPSA) is 107 Å². The number of hydrogen-bond donors (Lipinski definition) is 1. The molecule has 0 fully saturated rings. The van der Waals surface area contributed by atoms with Crippen molar-refractivity contribution in [2.75, 3.05) is 7.11 Å². The second-order valence-electron chi connectivity index (χ2n) is 7.84. The Labute approximate surface area is 197 Å². The summed E-state index contributed by atoms with van der Waals surface area (Å²) < 4.78 is 9.93. The second kappa shape index (κ2) is 12.9. The van der Waals surface area contributed by atoms with Crippen LogP contribution in [0.2, 0.25) is 0 Å². The van der Waals surface area contributed by atoms with E-state index in [1.807, 2.05) is 13.0 Å². The number of nitrogens with zero attached hydrogens (tertiary/aromatic N) is 1. The molecule has 1 atom stereocenters. The van der Waals surface area contributed by atoms with Crippen LogP contribution in [0.15, 0.2) is 39.2 Å². The van der Waals surface area contributed by atoms with Crippen molar-refractivity contribution in [3.63, 3.8) is 0 Å². The average Bonchev–Trinajstić information content (AvgIpc) is 3.23. The van der Waals surface area contributed by atoms with Gasteiger partial charge in [0.25, 0.3) is 0 Å². The number of aromatic hydroxyl groups is 1. The van der Waals surface area contributed by atoms with Gasteiger partial charge in [0.2, 0.25) is 0 Å². The largest absolute Gasteiger partial charge is 0.507 e. The molecule has 0 aliphatic rings. The van der Waals surface area contributed by atoms with E-state index in [4.69, 9.17) is 4.42 Å². The second-order valence-corrected chi connectivity index (χ2v) is 8.99. The van der Waals surface area contributed by atoms with Crippen LogP contribution in [0, 0.1) is 0 Å². The van der Waals surface area contributed by atoms with Crippen LogP contribution in [0.1, 0.15) is 84.8 Å². The zero-order valence-electron chi connectivity index (χ0n) is 19.6. The maximum Gasteiger partial charge on any atom is 0.351 e. The van der Waals surface area contributed by atoms with Crippen LogP contribution < -0.4 is 5.63 Å². The molecule has 2 aromatic heterocycles. The predicted molar refractivity (Wildman–Crippen MR) is 129 cm³/mol. The molecule has 1 unspecified atom stereocenters. The average molecular weight is 474 g/mol. The highest BCUT2D eigenvalue weighted by atomic mass is 32.1. The summed E-state index contributed by atoms with van der Waals surface area (Å²) in [5.41, 5.74) is -0.906. The van der Waals surface area contributed by atoms with Crippen molar-refractivity contribution < 1.29 is 23.8 Å². The maximum absolute atomic E-state index is 12.8. The third-order valence-corrected chi connectivity index (χ3v) is 6.14. The summed E-state index contributed by atoms with van der Waals surface area (Å²) >= 11 is 1.51. The monoisotopic (exact) mass is 473 g/mol. The first-order chi connectivity index (χ1) is 15.8. The Hall–Kier alpha value is -3.00. The fraction of sp³-hybridized carbons (Fsp3) is 0.440. The van der Waals surface area contributed by atoms with Crippen molar-refractivity contribution >= 4 is 29.2 Å². The molecule has 0 aliphatic heterocycles. The number of hydrogen-bond acceptors (Lipinski definition) is 8. The maximum atomic E-state index is 12.8. The van der Waals surface area contributed by atoms with E-state index in [1.54, 1.807) is 25.3 Å². The minimum atomic E-state index is -0.858. The number of aryl methyl sites for hydroxylation is 1. The third kappa shape index (κ3) is 7.82. The molecule has 1 N–H and O–H groups in total. The minimum absolute atomic E-state index is 0.161. The lowest BCUT2D eigenvalue weighted by Crippen LogP contribution is -2.16. The number of Topliss-reactive ketones (excluding diaryl/α,β-unsaturated/α-hetero) is 1. The number of ether oxygens (including phenoxy) is 1. The zero-order chi connectivity index (χ0) is 24.4. The van der Waals surface area contributed by atoms with Crippen LogP contribution in [0.3, 0.4) is 0 Å². The molecule has 7 nitrogen and oxygen atoms in total. The van der Waals surface area contributed by atoms with Crippen molar-refractivity contribution in [3.05, 3.63) is 61.6 Å². The third-order valence-electron chi connectivity index (χ3n) is 5.14. The summed E-state index contributed by atoms with van der Waals surface area (Å²) in [6, 6.07) is 1.33. The summed E-state index contributed by atoms with van der Waals surface area (Å²) in [7, 11) is 1.34. The molecule has 0 aliphatic carbocycles. The molecular formula is C25H31NO6S. The Morgan fingerprint density at radius 1 is 1.33 bits per heavy atom. The number of esters is 1. The Morgan fingerprint density at radius 3 is 2.76 bits per heavy atom. The van der Waals surface area contributed by atoms with Gasteiger partial charge in [0.15, 0.2) is 5.78 Å². The van der Waals surface area contributed by atoms with E-state index in [0.717, 1.165) is 29.1 Å². The predicted octanol–water partition coefficient (Wildman–Crippen LogP) is 5.43. The summed E-state index contributed by atoms with van der Waals surface area (Å²) in [4.78, 5) is 41.6. The highest BCUT2D eigenvalue weighted by molar-refractivity contribution is 7.12. The fourth-order valence-electron chi connectivity index (χ4n) is 3.13. The molecule has 178 valence electrons. The quantitative estimate of drug-likeness (QED) is 0.189. The number of ketones is 1. The lowest BCUT2D eigenvalue weighted by molar-refractivity contribution is -0.139. The zero-order valence-corrected chi connectivity index (χ0v) is 20.4. The van der Waals surface area contributed by atoms with Crippen LogP contribution in [-0.4, -0.2) is 29.0 Å². The van der Waals surface area contributed by atoms with E-state index < -0.39 is 11.4 Å². The number of rotatable bonds is 12. The molecule has 0 saturated carbocycles. The molecule has 33 heavy (non-hydrogen) atoms. The van der Waals surface area contributed by atoms with Gasteiger partial charge >= 0.3 is 11.6 Å². The summed E-state index contributed by atoms with van der Waals surface area (Å²) in [5.74, 6) is -1.13. The van der Waals surface area contributed by atoms with E-state index >= 15 is 0 Å². The van der Waals surface area contributed by atoms with Gasteiger partial charge in [-0.1, -0.05) is 32.4 Å². The van der Waals surface area contributed by atoms with Crippen molar-refractivity contribution in [2.45, 2.75) is 65.2 Å². The van der Waals surface area contributed by atoms with Crippen LogP contribution in [-0.2, 0) is 16.0 Å². The molecule has 0 spiro atoms. The van der Waals surface area contributed by atoms with E-state index in [2.05, 4.69) is 16.6 Å². The Kier molecular flexibility index (Phi) is 10.3. The lowest BCUT2D eigenvalue weighted by Gasteiger charge is -2.11. The van der Waals surface area contributed by atoms with Crippen molar-refractivity contribution in [2.24, 2.45) is 0 Å². The van der Waals surface area contributed by atoms with Gasteiger partial charge in [0.1, 0.15) is 17.1 Å². The van der Waals surface area contributed by atoms with Crippen molar-refractivity contribution in [1.29, 1.82) is 0 Å². The van der Waals surface area contributed by atoms with Gasteiger partial charge in [-0.15, -0.1) is 11.3 Å². The lowest BCUT2D eigenvalue weighted by atomic mass is 9.99. The molecular weight excluding hydrogens is 442 g/mol. The van der Waals surface area contributed by atoms with Gasteiger partial charge in [-0.25, -0.2) is 9.78 Å².